The van der Waals surface area contributed by atoms with Gasteiger partial charge in [0.05, 0.1) is 19.6 Å². The third-order valence-electron chi connectivity index (χ3n) is 6.17. The molecular weight excluding hydrogens is 262 g/mol. The Hall–Kier alpha value is -0.770. The molecular formula is C17H32N3O+. The summed E-state index contributed by atoms with van der Waals surface area (Å²) in [6, 6.07) is 1.14. The van der Waals surface area contributed by atoms with Gasteiger partial charge in [-0.1, -0.05) is 26.2 Å². The number of amides is 2. The number of carbonyl (C=O) groups excluding carboxylic acids is 1. The number of fused-ring (bicyclic) bond motifs is 3. The van der Waals surface area contributed by atoms with E-state index in [0.29, 0.717) is 12.1 Å². The number of urea groups is 1. The zero-order valence-electron chi connectivity index (χ0n) is 13.5. The van der Waals surface area contributed by atoms with Crippen molar-refractivity contribution in [2.45, 2.75) is 70.4 Å². The van der Waals surface area contributed by atoms with Gasteiger partial charge in [0.25, 0.3) is 0 Å². The minimum absolute atomic E-state index is 0.0657. The van der Waals surface area contributed by atoms with Gasteiger partial charge >= 0.3 is 6.03 Å². The zero-order chi connectivity index (χ0) is 14.7. The summed E-state index contributed by atoms with van der Waals surface area (Å²) in [7, 11) is 0. The summed E-state index contributed by atoms with van der Waals surface area (Å²) in [6.45, 7) is 5.84. The number of carbonyl (C=O) groups is 1. The number of hydrogen-bond acceptors (Lipinski definition) is 1. The van der Waals surface area contributed by atoms with Crippen molar-refractivity contribution in [3.8, 4) is 0 Å². The minimum atomic E-state index is 0.0657. The second kappa shape index (κ2) is 6.99. The van der Waals surface area contributed by atoms with Crippen LogP contribution in [0.15, 0.2) is 0 Å². The highest BCUT2D eigenvalue weighted by Gasteiger charge is 2.42. The van der Waals surface area contributed by atoms with Gasteiger partial charge in [-0.3, -0.25) is 0 Å². The second-order valence-corrected chi connectivity index (χ2v) is 7.45. The topological polar surface area (TPSA) is 45.6 Å². The molecule has 4 rings (SSSR count). The molecule has 21 heavy (non-hydrogen) atoms. The van der Waals surface area contributed by atoms with Crippen molar-refractivity contribution >= 4 is 6.03 Å². The maximum absolute atomic E-state index is 12.0. The Morgan fingerprint density at radius 3 is 2.67 bits per heavy atom. The molecule has 4 atom stereocenters. The van der Waals surface area contributed by atoms with Gasteiger partial charge in [0, 0.05) is 24.8 Å². The van der Waals surface area contributed by atoms with Crippen LogP contribution < -0.4 is 15.5 Å². The van der Waals surface area contributed by atoms with Crippen LogP contribution in [0.3, 0.4) is 0 Å². The molecule has 1 saturated carbocycles. The van der Waals surface area contributed by atoms with Gasteiger partial charge in [-0.05, 0) is 25.2 Å². The van der Waals surface area contributed by atoms with Gasteiger partial charge in [0.2, 0.25) is 0 Å². The number of nitrogens with one attached hydrogen (secondary N) is 3. The molecule has 0 aromatic rings. The molecule has 0 aromatic heterocycles. The third-order valence-corrected chi connectivity index (χ3v) is 6.17. The molecule has 2 amide bonds. The summed E-state index contributed by atoms with van der Waals surface area (Å²) in [5, 5.41) is 6.31. The molecule has 1 aliphatic carbocycles. The highest BCUT2D eigenvalue weighted by atomic mass is 16.2. The molecule has 3 aliphatic heterocycles. The third kappa shape index (κ3) is 3.71. The van der Waals surface area contributed by atoms with Gasteiger partial charge in [-0.25, -0.2) is 4.79 Å². The van der Waals surface area contributed by atoms with E-state index in [9.17, 15) is 4.79 Å². The predicted octanol–water partition coefficient (Wildman–Crippen LogP) is 1.32. The molecule has 4 heteroatoms. The highest BCUT2D eigenvalue weighted by Crippen LogP contribution is 2.28. The first-order valence-corrected chi connectivity index (χ1v) is 9.15. The van der Waals surface area contributed by atoms with Crippen molar-refractivity contribution in [2.24, 2.45) is 11.8 Å². The van der Waals surface area contributed by atoms with Crippen LogP contribution >= 0.6 is 0 Å². The summed E-state index contributed by atoms with van der Waals surface area (Å²) >= 11 is 0. The van der Waals surface area contributed by atoms with Crippen LogP contribution in [0.25, 0.3) is 0 Å². The maximum atomic E-state index is 12.0. The fraction of sp³-hybridized carbons (Fsp3) is 0.941. The van der Waals surface area contributed by atoms with Crippen molar-refractivity contribution in [1.82, 2.24) is 10.6 Å². The predicted molar refractivity (Wildman–Crippen MR) is 84.4 cm³/mol. The monoisotopic (exact) mass is 294 g/mol. The van der Waals surface area contributed by atoms with E-state index in [1.807, 2.05) is 0 Å². The number of hydrogen-bond donors (Lipinski definition) is 3. The van der Waals surface area contributed by atoms with Gasteiger partial charge < -0.3 is 15.5 Å². The van der Waals surface area contributed by atoms with E-state index in [1.165, 1.54) is 51.6 Å². The van der Waals surface area contributed by atoms with Crippen molar-refractivity contribution in [1.29, 1.82) is 0 Å². The quantitative estimate of drug-likeness (QED) is 0.719. The smallest absolute Gasteiger partial charge is 0.315 e. The van der Waals surface area contributed by atoms with Crippen molar-refractivity contribution < 1.29 is 9.69 Å². The Kier molecular flexibility index (Phi) is 5.04. The minimum Gasteiger partial charge on any atom is -0.335 e. The van der Waals surface area contributed by atoms with Crippen molar-refractivity contribution in [3.63, 3.8) is 0 Å². The van der Waals surface area contributed by atoms with Crippen LogP contribution in [0.1, 0.15) is 58.3 Å². The molecule has 0 spiro atoms. The Morgan fingerprint density at radius 2 is 2.00 bits per heavy atom. The van der Waals surface area contributed by atoms with Gasteiger partial charge in [0.1, 0.15) is 6.04 Å². The molecule has 1 unspecified atom stereocenters. The first-order valence-electron chi connectivity index (χ1n) is 9.15. The number of quaternary nitrogens is 1. The van der Waals surface area contributed by atoms with E-state index in [-0.39, 0.29) is 6.03 Å². The lowest BCUT2D eigenvalue weighted by atomic mass is 9.74. The molecule has 3 N–H and O–H groups in total. The highest BCUT2D eigenvalue weighted by molar-refractivity contribution is 5.74. The SMILES string of the molecule is CC[C@H]1C[NH+]2CC[C@H]1C[C@@H]2CNC(=O)NC1CCCCC1. The van der Waals surface area contributed by atoms with Gasteiger partial charge in [-0.2, -0.15) is 0 Å². The van der Waals surface area contributed by atoms with Crippen LogP contribution in [0.2, 0.25) is 0 Å². The fourth-order valence-corrected chi connectivity index (χ4v) is 4.83. The number of rotatable bonds is 4. The van der Waals surface area contributed by atoms with E-state index in [1.54, 1.807) is 4.90 Å². The molecule has 2 bridgehead atoms. The second-order valence-electron chi connectivity index (χ2n) is 7.45. The normalized spacial score (nSPS) is 36.4. The van der Waals surface area contributed by atoms with E-state index in [0.717, 1.165) is 31.2 Å². The van der Waals surface area contributed by atoms with Crippen molar-refractivity contribution in [3.05, 3.63) is 0 Å². The largest absolute Gasteiger partial charge is 0.335 e. The maximum Gasteiger partial charge on any atom is 0.315 e. The fourth-order valence-electron chi connectivity index (χ4n) is 4.83. The lowest BCUT2D eigenvalue weighted by molar-refractivity contribution is -0.945. The molecule has 4 fully saturated rings. The Balaban J connectivity index is 1.40. The van der Waals surface area contributed by atoms with Crippen LogP contribution in [-0.2, 0) is 0 Å². The summed E-state index contributed by atoms with van der Waals surface area (Å²) in [6.07, 6.45) is 10.2. The lowest BCUT2D eigenvalue weighted by Crippen LogP contribution is -3.20. The van der Waals surface area contributed by atoms with Crippen molar-refractivity contribution in [2.75, 3.05) is 19.6 Å². The van der Waals surface area contributed by atoms with E-state index in [4.69, 9.17) is 0 Å². The molecule has 0 aromatic carbocycles. The Morgan fingerprint density at radius 1 is 1.19 bits per heavy atom. The lowest BCUT2D eigenvalue weighted by Gasteiger charge is -2.46. The zero-order valence-corrected chi connectivity index (χ0v) is 13.5. The summed E-state index contributed by atoms with van der Waals surface area (Å²) in [5.74, 6) is 1.85. The molecule has 0 radical (unpaired) electrons. The standard InChI is InChI=1S/C17H31N3O/c1-2-13-12-20-9-8-14(13)10-16(20)11-18-17(21)19-15-6-4-3-5-7-15/h13-16H,2-12H2,1H3,(H2,18,19,21)/p+1/t13-,14-,16+/m0/s1. The molecule has 3 heterocycles. The van der Waals surface area contributed by atoms with E-state index < -0.39 is 0 Å². The van der Waals surface area contributed by atoms with Gasteiger partial charge in [-0.15, -0.1) is 0 Å². The molecule has 120 valence electrons. The molecule has 3 saturated heterocycles. The Labute approximate surface area is 129 Å². The first-order chi connectivity index (χ1) is 10.3. The molecule has 4 aliphatic rings. The van der Waals surface area contributed by atoms with Crippen LogP contribution in [0, 0.1) is 11.8 Å². The Bertz CT molecular complexity index is 354. The summed E-state index contributed by atoms with van der Waals surface area (Å²) in [4.78, 5) is 13.8. The average molecular weight is 294 g/mol. The van der Waals surface area contributed by atoms with Gasteiger partial charge in [0.15, 0.2) is 0 Å². The summed E-state index contributed by atoms with van der Waals surface area (Å²) in [5.41, 5.74) is 0. The van der Waals surface area contributed by atoms with Crippen LogP contribution in [0.5, 0.6) is 0 Å². The van der Waals surface area contributed by atoms with E-state index in [2.05, 4.69) is 17.6 Å². The average Bonchev–Trinajstić information content (AvgIpc) is 2.54. The van der Waals surface area contributed by atoms with Crippen LogP contribution in [-0.4, -0.2) is 37.7 Å². The first kappa shape index (κ1) is 15.1. The van der Waals surface area contributed by atoms with E-state index >= 15 is 0 Å². The summed E-state index contributed by atoms with van der Waals surface area (Å²) < 4.78 is 0. The molecule has 4 nitrogen and oxygen atoms in total. The number of piperidine rings is 3. The van der Waals surface area contributed by atoms with Crippen LogP contribution in [0.4, 0.5) is 4.79 Å².